The van der Waals surface area contributed by atoms with Gasteiger partial charge in [-0.15, -0.1) is 11.3 Å². The Morgan fingerprint density at radius 3 is 2.18 bits per heavy atom. The van der Waals surface area contributed by atoms with Crippen molar-refractivity contribution in [3.05, 3.63) is 34.2 Å². The highest BCUT2D eigenvalue weighted by Crippen LogP contribution is 2.38. The fourth-order valence-corrected chi connectivity index (χ4v) is 5.38. The van der Waals surface area contributed by atoms with Gasteiger partial charge in [-0.25, -0.2) is 13.6 Å². The number of carbonyl (C=O) groups is 1. The lowest BCUT2D eigenvalue weighted by molar-refractivity contribution is -0.153. The number of aryl methyl sites for hydroxylation is 1. The van der Waals surface area contributed by atoms with Gasteiger partial charge in [0.25, 0.3) is 0 Å². The Labute approximate surface area is 228 Å². The van der Waals surface area contributed by atoms with Gasteiger partial charge in [0.15, 0.2) is 18.3 Å². The maximum Gasteiger partial charge on any atom is 0.422 e. The zero-order valence-corrected chi connectivity index (χ0v) is 22.2. The van der Waals surface area contributed by atoms with Gasteiger partial charge in [0.2, 0.25) is 0 Å². The van der Waals surface area contributed by atoms with Crippen LogP contribution in [0.15, 0.2) is 18.2 Å². The fraction of sp³-hybridized carbons (Fsp3) is 0.500. The van der Waals surface area contributed by atoms with Gasteiger partial charge in [0.1, 0.15) is 16.5 Å². The number of fused-ring (bicyclic) bond motifs is 1. The molecular formula is C24H25F7N2O4S2. The number of halogens is 7. The van der Waals surface area contributed by atoms with Crippen LogP contribution in [0.3, 0.4) is 0 Å². The quantitative estimate of drug-likeness (QED) is 0.178. The summed E-state index contributed by atoms with van der Waals surface area (Å²) in [6, 6.07) is 3.02. The predicted octanol–water partition coefficient (Wildman–Crippen LogP) is 7.22. The number of hydrogen-bond donors (Lipinski definition) is 2. The summed E-state index contributed by atoms with van der Waals surface area (Å²) in [5.41, 5.74) is 1.16. The molecule has 1 aliphatic carbocycles. The zero-order valence-electron chi connectivity index (χ0n) is 20.6. The van der Waals surface area contributed by atoms with Gasteiger partial charge in [-0.2, -0.15) is 22.0 Å². The summed E-state index contributed by atoms with van der Waals surface area (Å²) >= 11 is 6.64. The minimum atomic E-state index is -4.70. The van der Waals surface area contributed by atoms with Crippen LogP contribution in [0.25, 0.3) is 0 Å². The summed E-state index contributed by atoms with van der Waals surface area (Å²) in [7, 11) is 1.25. The average Bonchev–Trinajstić information content (AvgIpc) is 3.15. The molecule has 2 aromatic rings. The third-order valence-corrected chi connectivity index (χ3v) is 6.99. The molecule has 0 saturated heterocycles. The lowest BCUT2D eigenvalue weighted by Gasteiger charge is -2.18. The Hall–Kier alpha value is -2.81. The number of alkyl halides is 7. The third kappa shape index (κ3) is 8.85. The number of thiophene rings is 1. The standard InChI is InChI=1S/C24H25F7N2O4S2/c1-35-20(34)18-16-6-4-2-3-5-7-17(16)39-19(18)33-22(38)32-13-8-14(36-11-23(27,28)21(25)26)10-15(9-13)37-12-24(29,30)31/h8-10,21H,2-7,11-12H2,1H3,(H2,32,33,38). The summed E-state index contributed by atoms with van der Waals surface area (Å²) in [4.78, 5) is 13.6. The Morgan fingerprint density at radius 1 is 0.974 bits per heavy atom. The molecule has 0 amide bonds. The van der Waals surface area contributed by atoms with E-state index in [1.165, 1.54) is 18.4 Å². The van der Waals surface area contributed by atoms with E-state index in [0.717, 1.165) is 60.7 Å². The van der Waals surface area contributed by atoms with Crippen molar-refractivity contribution in [1.82, 2.24) is 0 Å². The number of benzene rings is 1. The smallest absolute Gasteiger partial charge is 0.422 e. The number of nitrogens with one attached hydrogen (secondary N) is 2. The van der Waals surface area contributed by atoms with Crippen LogP contribution in [-0.2, 0) is 17.6 Å². The monoisotopic (exact) mass is 602 g/mol. The molecule has 0 aliphatic heterocycles. The molecule has 0 fully saturated rings. The van der Waals surface area contributed by atoms with E-state index >= 15 is 0 Å². The largest absolute Gasteiger partial charge is 0.487 e. The maximum absolute atomic E-state index is 13.3. The molecule has 0 radical (unpaired) electrons. The molecule has 39 heavy (non-hydrogen) atoms. The summed E-state index contributed by atoms with van der Waals surface area (Å²) in [5, 5.41) is 5.89. The van der Waals surface area contributed by atoms with Crippen LogP contribution in [0.1, 0.15) is 46.5 Å². The second-order valence-corrected chi connectivity index (χ2v) is 10.2. The van der Waals surface area contributed by atoms with Gasteiger partial charge in [-0.3, -0.25) is 0 Å². The Kier molecular flexibility index (Phi) is 10.3. The average molecular weight is 603 g/mol. The first-order valence-corrected chi connectivity index (χ1v) is 13.0. The van der Waals surface area contributed by atoms with Crippen molar-refractivity contribution < 1.29 is 49.7 Å². The molecule has 216 valence electrons. The van der Waals surface area contributed by atoms with E-state index < -0.39 is 49.2 Å². The Bertz CT molecular complexity index is 1170. The highest BCUT2D eigenvalue weighted by molar-refractivity contribution is 7.80. The molecule has 6 nitrogen and oxygen atoms in total. The highest BCUT2D eigenvalue weighted by atomic mass is 32.1. The minimum absolute atomic E-state index is 0.0444. The maximum atomic E-state index is 13.3. The van der Waals surface area contributed by atoms with E-state index in [0.29, 0.717) is 17.0 Å². The van der Waals surface area contributed by atoms with Gasteiger partial charge in [0, 0.05) is 28.8 Å². The van der Waals surface area contributed by atoms with Crippen molar-refractivity contribution in [3.8, 4) is 11.5 Å². The summed E-state index contributed by atoms with van der Waals surface area (Å²) in [5.74, 6) is -5.95. The predicted molar refractivity (Wildman–Crippen MR) is 136 cm³/mol. The molecule has 15 heteroatoms. The molecule has 1 heterocycles. The Balaban J connectivity index is 1.84. The van der Waals surface area contributed by atoms with E-state index in [9.17, 15) is 35.5 Å². The lowest BCUT2D eigenvalue weighted by Crippen LogP contribution is -2.33. The number of anilines is 2. The highest BCUT2D eigenvalue weighted by Gasteiger charge is 2.41. The molecule has 0 atom stereocenters. The normalized spacial score (nSPS) is 14.2. The number of hydrogen-bond acceptors (Lipinski definition) is 6. The number of ether oxygens (including phenoxy) is 3. The van der Waals surface area contributed by atoms with E-state index in [4.69, 9.17) is 21.7 Å². The first-order valence-electron chi connectivity index (χ1n) is 11.7. The van der Waals surface area contributed by atoms with E-state index in [2.05, 4.69) is 15.4 Å². The van der Waals surface area contributed by atoms with Crippen LogP contribution in [0.4, 0.5) is 41.4 Å². The second kappa shape index (κ2) is 13.0. The molecule has 1 aromatic heterocycles. The van der Waals surface area contributed by atoms with Gasteiger partial charge < -0.3 is 24.8 Å². The molecule has 2 N–H and O–H groups in total. The molecule has 0 saturated carbocycles. The van der Waals surface area contributed by atoms with Crippen molar-refractivity contribution in [2.45, 2.75) is 57.0 Å². The van der Waals surface area contributed by atoms with Crippen LogP contribution >= 0.6 is 23.6 Å². The van der Waals surface area contributed by atoms with E-state index in [1.54, 1.807) is 0 Å². The molecule has 3 rings (SSSR count). The van der Waals surface area contributed by atoms with Crippen molar-refractivity contribution in [1.29, 1.82) is 0 Å². The van der Waals surface area contributed by atoms with Crippen molar-refractivity contribution in [2.24, 2.45) is 0 Å². The minimum Gasteiger partial charge on any atom is -0.487 e. The molecule has 0 unspecified atom stereocenters. The van der Waals surface area contributed by atoms with Crippen molar-refractivity contribution in [3.63, 3.8) is 0 Å². The molecule has 1 aliphatic rings. The number of esters is 1. The number of thiocarbonyl (C=S) groups is 1. The molecule has 0 spiro atoms. The first kappa shape index (κ1) is 30.7. The summed E-state index contributed by atoms with van der Waals surface area (Å²) < 4.78 is 104. The van der Waals surface area contributed by atoms with Crippen LogP contribution in [0.5, 0.6) is 11.5 Å². The summed E-state index contributed by atoms with van der Waals surface area (Å²) in [6.07, 6.45) is -3.32. The fourth-order valence-electron chi connectivity index (χ4n) is 3.81. The lowest BCUT2D eigenvalue weighted by atomic mass is 9.96. The SMILES string of the molecule is COC(=O)c1c(NC(=S)Nc2cc(OCC(F)(F)F)cc(OCC(F)(F)C(F)F)c2)sc2c1CCCCCC2. The van der Waals surface area contributed by atoms with Crippen LogP contribution in [-0.4, -0.2) is 49.9 Å². The van der Waals surface area contributed by atoms with Crippen molar-refractivity contribution in [2.75, 3.05) is 31.0 Å². The van der Waals surface area contributed by atoms with E-state index in [-0.39, 0.29) is 10.8 Å². The number of rotatable bonds is 9. The topological polar surface area (TPSA) is 68.8 Å². The number of carbonyl (C=O) groups excluding carboxylic acids is 1. The van der Waals surface area contributed by atoms with E-state index in [1.807, 2.05) is 0 Å². The van der Waals surface area contributed by atoms with Crippen LogP contribution in [0.2, 0.25) is 0 Å². The van der Waals surface area contributed by atoms with Gasteiger partial charge in [0.05, 0.1) is 12.7 Å². The first-order chi connectivity index (χ1) is 18.3. The van der Waals surface area contributed by atoms with Crippen LogP contribution < -0.4 is 20.1 Å². The van der Waals surface area contributed by atoms with Crippen LogP contribution in [0, 0.1) is 0 Å². The van der Waals surface area contributed by atoms with Gasteiger partial charge >= 0.3 is 24.5 Å². The molecule has 1 aromatic carbocycles. The van der Waals surface area contributed by atoms with Gasteiger partial charge in [-0.05, 0) is 43.5 Å². The van der Waals surface area contributed by atoms with Gasteiger partial charge in [-0.1, -0.05) is 12.8 Å². The second-order valence-electron chi connectivity index (χ2n) is 8.64. The third-order valence-electron chi connectivity index (χ3n) is 5.58. The molecule has 0 bridgehead atoms. The Morgan fingerprint density at radius 2 is 1.59 bits per heavy atom. The number of methoxy groups -OCH3 is 1. The summed E-state index contributed by atoms with van der Waals surface area (Å²) in [6.45, 7) is -3.42. The zero-order chi connectivity index (χ0) is 28.8. The molecular weight excluding hydrogens is 577 g/mol. The van der Waals surface area contributed by atoms with Crippen molar-refractivity contribution >= 4 is 45.3 Å².